The second kappa shape index (κ2) is 6.43. The summed E-state index contributed by atoms with van der Waals surface area (Å²) < 4.78 is 17.3. The number of ether oxygens (including phenoxy) is 2. The van der Waals surface area contributed by atoms with Crippen molar-refractivity contribution in [3.05, 3.63) is 72.4 Å². The van der Waals surface area contributed by atoms with Crippen molar-refractivity contribution in [2.24, 2.45) is 0 Å². The summed E-state index contributed by atoms with van der Waals surface area (Å²) in [6.45, 7) is 0.559. The first-order valence-electron chi connectivity index (χ1n) is 8.91. The zero-order valence-corrected chi connectivity index (χ0v) is 14.9. The van der Waals surface area contributed by atoms with Crippen molar-refractivity contribution in [3.63, 3.8) is 0 Å². The van der Waals surface area contributed by atoms with E-state index >= 15 is 0 Å². The zero-order valence-electron chi connectivity index (χ0n) is 14.9. The van der Waals surface area contributed by atoms with E-state index in [0.717, 1.165) is 45.7 Å². The third-order valence-corrected chi connectivity index (χ3v) is 4.94. The second-order valence-electron chi connectivity index (χ2n) is 6.66. The summed E-state index contributed by atoms with van der Waals surface area (Å²) in [7, 11) is 1.67. The normalized spacial score (nSPS) is 16.0. The van der Waals surface area contributed by atoms with Gasteiger partial charge in [-0.05, 0) is 65.6 Å². The van der Waals surface area contributed by atoms with Gasteiger partial charge in [-0.1, -0.05) is 6.07 Å². The third kappa shape index (κ3) is 2.91. The van der Waals surface area contributed by atoms with E-state index in [9.17, 15) is 0 Å². The van der Waals surface area contributed by atoms with E-state index in [2.05, 4.69) is 11.1 Å². The molecular weight excluding hydrogens is 340 g/mol. The van der Waals surface area contributed by atoms with Crippen LogP contribution in [0.4, 0.5) is 0 Å². The van der Waals surface area contributed by atoms with Gasteiger partial charge in [0.25, 0.3) is 0 Å². The lowest BCUT2D eigenvalue weighted by Gasteiger charge is -2.23. The molecule has 0 amide bonds. The van der Waals surface area contributed by atoms with Crippen molar-refractivity contribution < 1.29 is 13.9 Å². The van der Waals surface area contributed by atoms with Crippen molar-refractivity contribution in [3.8, 4) is 22.6 Å². The van der Waals surface area contributed by atoms with Crippen LogP contribution in [0.15, 0.2) is 65.3 Å². The molecule has 0 spiro atoms. The molecule has 134 valence electrons. The molecule has 27 heavy (non-hydrogen) atoms. The van der Waals surface area contributed by atoms with Crippen LogP contribution < -0.4 is 9.47 Å². The topological polar surface area (TPSA) is 57.4 Å². The molecule has 0 unspecified atom stereocenters. The van der Waals surface area contributed by atoms with Crippen LogP contribution in [0.1, 0.15) is 17.4 Å². The minimum atomic E-state index is 0.0846. The number of oxazole rings is 1. The molecule has 4 aromatic rings. The molecule has 0 bridgehead atoms. The highest BCUT2D eigenvalue weighted by atomic mass is 16.5. The smallest absolute Gasteiger partial charge is 0.202 e. The molecule has 0 radical (unpaired) electrons. The Hall–Kier alpha value is -3.34. The minimum Gasteiger partial charge on any atom is -0.497 e. The summed E-state index contributed by atoms with van der Waals surface area (Å²) >= 11 is 0. The van der Waals surface area contributed by atoms with E-state index in [1.807, 2.05) is 42.5 Å². The fraction of sp³-hybridized carbons (Fsp3) is 0.182. The molecule has 5 rings (SSSR count). The summed E-state index contributed by atoms with van der Waals surface area (Å²) in [6.07, 6.45) is 4.39. The largest absolute Gasteiger partial charge is 0.497 e. The first kappa shape index (κ1) is 15.9. The van der Waals surface area contributed by atoms with Crippen molar-refractivity contribution in [2.75, 3.05) is 13.7 Å². The van der Waals surface area contributed by atoms with Crippen LogP contribution >= 0.6 is 0 Å². The summed E-state index contributed by atoms with van der Waals surface area (Å²) in [5.41, 5.74) is 4.95. The number of methoxy groups -OCH3 is 1. The summed E-state index contributed by atoms with van der Waals surface area (Å²) in [5.74, 6) is 2.53. The first-order valence-corrected chi connectivity index (χ1v) is 8.91. The molecular formula is C22H18N2O3. The summed E-state index contributed by atoms with van der Waals surface area (Å²) in [6, 6.07) is 15.9. The van der Waals surface area contributed by atoms with Crippen molar-refractivity contribution in [1.29, 1.82) is 0 Å². The van der Waals surface area contributed by atoms with Crippen LogP contribution in [0.2, 0.25) is 0 Å². The van der Waals surface area contributed by atoms with Crippen molar-refractivity contribution in [2.45, 2.75) is 12.3 Å². The molecule has 0 saturated heterocycles. The van der Waals surface area contributed by atoms with E-state index in [1.54, 1.807) is 19.5 Å². The van der Waals surface area contributed by atoms with Gasteiger partial charge in [-0.2, -0.15) is 0 Å². The molecule has 3 heterocycles. The van der Waals surface area contributed by atoms with E-state index in [1.165, 1.54) is 0 Å². The third-order valence-electron chi connectivity index (χ3n) is 4.94. The number of pyridine rings is 1. The van der Waals surface area contributed by atoms with Gasteiger partial charge in [-0.25, -0.2) is 4.98 Å². The number of hydrogen-bond acceptors (Lipinski definition) is 5. The van der Waals surface area contributed by atoms with Gasteiger partial charge in [0.2, 0.25) is 5.89 Å². The molecule has 0 aliphatic carbocycles. The summed E-state index contributed by atoms with van der Waals surface area (Å²) in [5, 5.41) is 0. The highest BCUT2D eigenvalue weighted by Gasteiger charge is 2.26. The Morgan fingerprint density at radius 2 is 1.89 bits per heavy atom. The van der Waals surface area contributed by atoms with Gasteiger partial charge in [-0.3, -0.25) is 4.98 Å². The molecule has 1 aliphatic rings. The van der Waals surface area contributed by atoms with Gasteiger partial charge in [0, 0.05) is 12.4 Å². The molecule has 0 fully saturated rings. The Bertz CT molecular complexity index is 1110. The SMILES string of the molecule is COc1ccc2c(c1)C[C@H](c1nc3ccc(-c4ccncc4)cc3o1)CO2. The number of hydrogen-bond donors (Lipinski definition) is 0. The Balaban J connectivity index is 1.47. The van der Waals surface area contributed by atoms with Crippen molar-refractivity contribution in [1.82, 2.24) is 9.97 Å². The Labute approximate surface area is 156 Å². The van der Waals surface area contributed by atoms with Gasteiger partial charge in [0.15, 0.2) is 5.58 Å². The monoisotopic (exact) mass is 358 g/mol. The lowest BCUT2D eigenvalue weighted by molar-refractivity contribution is 0.243. The molecule has 1 atom stereocenters. The van der Waals surface area contributed by atoms with Crippen LogP contribution in [-0.2, 0) is 6.42 Å². The van der Waals surface area contributed by atoms with Crippen LogP contribution in [0.3, 0.4) is 0 Å². The Morgan fingerprint density at radius 3 is 2.74 bits per heavy atom. The maximum atomic E-state index is 6.10. The van der Waals surface area contributed by atoms with Crippen LogP contribution in [0.5, 0.6) is 11.5 Å². The van der Waals surface area contributed by atoms with Gasteiger partial charge in [0.05, 0.1) is 13.0 Å². The van der Waals surface area contributed by atoms with E-state index < -0.39 is 0 Å². The lowest BCUT2D eigenvalue weighted by atomic mass is 9.96. The van der Waals surface area contributed by atoms with Gasteiger partial charge < -0.3 is 13.9 Å². The van der Waals surface area contributed by atoms with E-state index in [0.29, 0.717) is 12.5 Å². The lowest BCUT2D eigenvalue weighted by Crippen LogP contribution is -2.19. The van der Waals surface area contributed by atoms with Gasteiger partial charge in [0.1, 0.15) is 23.6 Å². The Kier molecular flexibility index (Phi) is 3.78. The van der Waals surface area contributed by atoms with Crippen LogP contribution in [0, 0.1) is 0 Å². The van der Waals surface area contributed by atoms with E-state index in [-0.39, 0.29) is 5.92 Å². The predicted octanol–water partition coefficient (Wildman–Crippen LogP) is 4.62. The molecule has 2 aromatic carbocycles. The van der Waals surface area contributed by atoms with Crippen molar-refractivity contribution >= 4 is 11.1 Å². The minimum absolute atomic E-state index is 0.0846. The van der Waals surface area contributed by atoms with Gasteiger partial charge in [-0.15, -0.1) is 0 Å². The maximum absolute atomic E-state index is 6.10. The summed E-state index contributed by atoms with van der Waals surface area (Å²) in [4.78, 5) is 8.77. The standard InChI is InChI=1S/C22H18N2O3/c1-25-18-3-5-20-16(11-18)10-17(13-26-20)22-24-19-4-2-15(12-21(19)27-22)14-6-8-23-9-7-14/h2-9,11-12,17H,10,13H2,1H3/t17-/m0/s1. The average Bonchev–Trinajstić information content (AvgIpc) is 3.17. The fourth-order valence-corrected chi connectivity index (χ4v) is 3.50. The first-order chi connectivity index (χ1) is 13.3. The Morgan fingerprint density at radius 1 is 1.00 bits per heavy atom. The highest BCUT2D eigenvalue weighted by Crippen LogP contribution is 2.35. The average molecular weight is 358 g/mol. The van der Waals surface area contributed by atoms with Gasteiger partial charge >= 0.3 is 0 Å². The number of rotatable bonds is 3. The molecule has 0 N–H and O–H groups in total. The van der Waals surface area contributed by atoms with Crippen LogP contribution in [0.25, 0.3) is 22.2 Å². The molecule has 0 saturated carbocycles. The second-order valence-corrected chi connectivity index (χ2v) is 6.66. The molecule has 5 nitrogen and oxygen atoms in total. The molecule has 2 aromatic heterocycles. The number of benzene rings is 2. The number of aromatic nitrogens is 2. The zero-order chi connectivity index (χ0) is 18.2. The molecule has 1 aliphatic heterocycles. The van der Waals surface area contributed by atoms with E-state index in [4.69, 9.17) is 18.9 Å². The highest BCUT2D eigenvalue weighted by molar-refractivity contribution is 5.80. The molecule has 5 heteroatoms. The number of fused-ring (bicyclic) bond motifs is 2. The quantitative estimate of drug-likeness (QED) is 0.535. The number of nitrogens with zero attached hydrogens (tertiary/aromatic N) is 2. The predicted molar refractivity (Wildman–Crippen MR) is 102 cm³/mol. The van der Waals surface area contributed by atoms with Crippen LogP contribution in [-0.4, -0.2) is 23.7 Å². The maximum Gasteiger partial charge on any atom is 0.202 e. The fourth-order valence-electron chi connectivity index (χ4n) is 3.50.